The molecule has 1 atom stereocenters. The molecule has 168 valence electrons. The van der Waals surface area contributed by atoms with Crippen molar-refractivity contribution in [1.29, 1.82) is 0 Å². The Balaban J connectivity index is 1.49. The fourth-order valence-electron chi connectivity index (χ4n) is 4.48. The first kappa shape index (κ1) is 22.3. The molecule has 5 nitrogen and oxygen atoms in total. The number of allylic oxidation sites excluding steroid dienone is 1. The normalized spacial score (nSPS) is 16.3. The Hall–Kier alpha value is -2.89. The molecule has 0 spiro atoms. The van der Waals surface area contributed by atoms with Crippen molar-refractivity contribution in [2.75, 3.05) is 26.7 Å². The van der Waals surface area contributed by atoms with Crippen molar-refractivity contribution in [3.8, 4) is 5.75 Å². The van der Waals surface area contributed by atoms with Crippen molar-refractivity contribution in [3.63, 3.8) is 0 Å². The minimum atomic E-state index is -0.429. The summed E-state index contributed by atoms with van der Waals surface area (Å²) in [6.45, 7) is 3.39. The molecule has 2 heterocycles. The summed E-state index contributed by atoms with van der Waals surface area (Å²) in [5, 5.41) is 11.9. The number of aliphatic hydroxyl groups is 1. The molecule has 0 saturated carbocycles. The van der Waals surface area contributed by atoms with E-state index in [0.29, 0.717) is 18.7 Å². The number of methoxy groups -OCH3 is 1. The topological polar surface area (TPSA) is 54.7 Å². The standard InChI is InChI=1S/C27H32N2O3/c1-32-24-13-10-21(11-14-24)27(31)15-12-22-18-29(26-9-5-4-8-25(22)26)20-23(30)19-28-16-6-2-3-7-17-28/h4-5,8-15,18,23,30H,2-3,6-7,16-17,19-20H2,1H3. The zero-order chi connectivity index (χ0) is 22.3. The molecule has 1 N–H and O–H groups in total. The van der Waals surface area contributed by atoms with Crippen molar-refractivity contribution in [1.82, 2.24) is 9.47 Å². The highest BCUT2D eigenvalue weighted by Crippen LogP contribution is 2.24. The molecule has 1 aliphatic heterocycles. The van der Waals surface area contributed by atoms with Gasteiger partial charge in [-0.05, 0) is 68.4 Å². The number of ether oxygens (including phenoxy) is 1. The van der Waals surface area contributed by atoms with Crippen molar-refractivity contribution in [2.45, 2.75) is 38.3 Å². The monoisotopic (exact) mass is 432 g/mol. The number of fused-ring (bicyclic) bond motifs is 1. The van der Waals surface area contributed by atoms with E-state index in [1.165, 1.54) is 25.7 Å². The minimum absolute atomic E-state index is 0.0503. The number of carbonyl (C=O) groups excluding carboxylic acids is 1. The van der Waals surface area contributed by atoms with Gasteiger partial charge in [0, 0.05) is 41.3 Å². The summed E-state index contributed by atoms with van der Waals surface area (Å²) in [7, 11) is 1.61. The third kappa shape index (κ3) is 5.47. The Morgan fingerprint density at radius 3 is 2.47 bits per heavy atom. The summed E-state index contributed by atoms with van der Waals surface area (Å²) < 4.78 is 7.27. The van der Waals surface area contributed by atoms with E-state index in [-0.39, 0.29) is 5.78 Å². The molecule has 1 aromatic heterocycles. The number of aliphatic hydroxyl groups excluding tert-OH is 1. The lowest BCUT2D eigenvalue weighted by Gasteiger charge is -2.23. The first-order valence-corrected chi connectivity index (χ1v) is 11.5. The Morgan fingerprint density at radius 2 is 1.75 bits per heavy atom. The van der Waals surface area contributed by atoms with Crippen LogP contribution in [0, 0.1) is 0 Å². The second-order valence-corrected chi connectivity index (χ2v) is 8.55. The van der Waals surface area contributed by atoms with Crippen LogP contribution in [0.3, 0.4) is 0 Å². The number of para-hydroxylation sites is 1. The van der Waals surface area contributed by atoms with Crippen molar-refractivity contribution >= 4 is 22.8 Å². The molecule has 3 aromatic rings. The summed E-state index contributed by atoms with van der Waals surface area (Å²) in [5.41, 5.74) is 2.67. The van der Waals surface area contributed by atoms with Gasteiger partial charge in [0.25, 0.3) is 0 Å². The van der Waals surface area contributed by atoms with Crippen LogP contribution in [-0.4, -0.2) is 53.2 Å². The minimum Gasteiger partial charge on any atom is -0.497 e. The zero-order valence-electron chi connectivity index (χ0n) is 18.7. The molecule has 0 radical (unpaired) electrons. The maximum absolute atomic E-state index is 12.6. The van der Waals surface area contributed by atoms with E-state index in [1.807, 2.05) is 24.4 Å². The van der Waals surface area contributed by atoms with E-state index >= 15 is 0 Å². The lowest BCUT2D eigenvalue weighted by Crippen LogP contribution is -2.35. The van der Waals surface area contributed by atoms with Gasteiger partial charge in [0.05, 0.1) is 13.2 Å². The summed E-state index contributed by atoms with van der Waals surface area (Å²) in [6, 6.07) is 15.3. The number of benzene rings is 2. The van der Waals surface area contributed by atoms with Gasteiger partial charge in [0.1, 0.15) is 5.75 Å². The fourth-order valence-corrected chi connectivity index (χ4v) is 4.48. The van der Waals surface area contributed by atoms with Gasteiger partial charge in [-0.2, -0.15) is 0 Å². The highest BCUT2D eigenvalue weighted by atomic mass is 16.5. The van der Waals surface area contributed by atoms with Crippen LogP contribution in [0.15, 0.2) is 60.8 Å². The molecule has 32 heavy (non-hydrogen) atoms. The van der Waals surface area contributed by atoms with Gasteiger partial charge < -0.3 is 19.3 Å². The third-order valence-corrected chi connectivity index (χ3v) is 6.18. The van der Waals surface area contributed by atoms with Crippen molar-refractivity contribution < 1.29 is 14.6 Å². The Labute approximate surface area is 189 Å². The Kier molecular flexibility index (Phi) is 7.40. The molecule has 1 fully saturated rings. The van der Waals surface area contributed by atoms with Crippen LogP contribution in [0.25, 0.3) is 17.0 Å². The summed E-state index contributed by atoms with van der Waals surface area (Å²) in [4.78, 5) is 15.0. The van der Waals surface area contributed by atoms with Gasteiger partial charge in [-0.25, -0.2) is 0 Å². The van der Waals surface area contributed by atoms with Crippen LogP contribution < -0.4 is 4.74 Å². The average molecular weight is 433 g/mol. The summed E-state index contributed by atoms with van der Waals surface area (Å²) in [6.07, 6.45) is 10.1. The summed E-state index contributed by atoms with van der Waals surface area (Å²) in [5.74, 6) is 0.679. The highest BCUT2D eigenvalue weighted by Gasteiger charge is 2.16. The number of rotatable bonds is 8. The number of carbonyl (C=O) groups is 1. The Morgan fingerprint density at radius 1 is 1.03 bits per heavy atom. The molecule has 5 heteroatoms. The zero-order valence-corrected chi connectivity index (χ0v) is 18.7. The predicted molar refractivity (Wildman–Crippen MR) is 129 cm³/mol. The van der Waals surface area contributed by atoms with E-state index in [0.717, 1.165) is 35.3 Å². The van der Waals surface area contributed by atoms with Crippen LogP contribution >= 0.6 is 0 Å². The number of ketones is 1. The van der Waals surface area contributed by atoms with Crippen LogP contribution in [-0.2, 0) is 6.54 Å². The second kappa shape index (κ2) is 10.6. The molecule has 1 unspecified atom stereocenters. The van der Waals surface area contributed by atoms with Gasteiger partial charge in [0.15, 0.2) is 5.78 Å². The highest BCUT2D eigenvalue weighted by molar-refractivity contribution is 6.07. The van der Waals surface area contributed by atoms with Crippen LogP contribution in [0.4, 0.5) is 0 Å². The van der Waals surface area contributed by atoms with E-state index in [1.54, 1.807) is 37.5 Å². The van der Waals surface area contributed by atoms with Crippen LogP contribution in [0.1, 0.15) is 41.6 Å². The van der Waals surface area contributed by atoms with Gasteiger partial charge in [-0.1, -0.05) is 31.0 Å². The second-order valence-electron chi connectivity index (χ2n) is 8.55. The lowest BCUT2D eigenvalue weighted by atomic mass is 10.1. The quantitative estimate of drug-likeness (QED) is 0.411. The maximum Gasteiger partial charge on any atom is 0.185 e. The number of aromatic nitrogens is 1. The van der Waals surface area contributed by atoms with E-state index in [2.05, 4.69) is 21.6 Å². The number of β-amino-alcohol motifs (C(OH)–C–C–N with tert-alkyl or cyclic N) is 1. The molecular weight excluding hydrogens is 400 g/mol. The number of likely N-dealkylation sites (tertiary alicyclic amines) is 1. The largest absolute Gasteiger partial charge is 0.497 e. The molecule has 0 amide bonds. The fraction of sp³-hybridized carbons (Fsp3) is 0.370. The number of hydrogen-bond donors (Lipinski definition) is 1. The number of hydrogen-bond acceptors (Lipinski definition) is 4. The summed E-state index contributed by atoms with van der Waals surface area (Å²) >= 11 is 0. The average Bonchev–Trinajstić information content (AvgIpc) is 2.97. The predicted octanol–water partition coefficient (Wildman–Crippen LogP) is 4.78. The molecule has 0 aliphatic carbocycles. The first-order chi connectivity index (χ1) is 15.6. The van der Waals surface area contributed by atoms with E-state index < -0.39 is 6.10 Å². The van der Waals surface area contributed by atoms with Gasteiger partial charge in [-0.3, -0.25) is 4.79 Å². The Bertz CT molecular complexity index is 1060. The smallest absolute Gasteiger partial charge is 0.185 e. The molecule has 1 aliphatic rings. The molecule has 4 rings (SSSR count). The van der Waals surface area contributed by atoms with Gasteiger partial charge in [-0.15, -0.1) is 0 Å². The maximum atomic E-state index is 12.6. The van der Waals surface area contributed by atoms with E-state index in [4.69, 9.17) is 4.74 Å². The lowest BCUT2D eigenvalue weighted by molar-refractivity contribution is 0.101. The third-order valence-electron chi connectivity index (χ3n) is 6.18. The van der Waals surface area contributed by atoms with Gasteiger partial charge >= 0.3 is 0 Å². The van der Waals surface area contributed by atoms with Gasteiger partial charge in [0.2, 0.25) is 0 Å². The van der Waals surface area contributed by atoms with Crippen LogP contribution in [0.5, 0.6) is 5.75 Å². The first-order valence-electron chi connectivity index (χ1n) is 11.5. The van der Waals surface area contributed by atoms with Crippen LogP contribution in [0.2, 0.25) is 0 Å². The molecule has 0 bridgehead atoms. The molecule has 1 saturated heterocycles. The van der Waals surface area contributed by atoms with Crippen molar-refractivity contribution in [2.24, 2.45) is 0 Å². The molecular formula is C27H32N2O3. The molecule has 2 aromatic carbocycles. The van der Waals surface area contributed by atoms with Crippen molar-refractivity contribution in [3.05, 3.63) is 71.9 Å². The number of nitrogens with zero attached hydrogens (tertiary/aromatic N) is 2. The SMILES string of the molecule is COc1ccc(C(=O)C=Cc2cn(CC(O)CN3CCCCCC3)c3ccccc23)cc1. The van der Waals surface area contributed by atoms with E-state index in [9.17, 15) is 9.90 Å².